The summed E-state index contributed by atoms with van der Waals surface area (Å²) in [5.41, 5.74) is 3.72. The first-order valence-electron chi connectivity index (χ1n) is 14.1. The lowest BCUT2D eigenvalue weighted by Crippen LogP contribution is -2.36. The smallest absolute Gasteiger partial charge is 0.410 e. The van der Waals surface area contributed by atoms with Crippen LogP contribution < -0.4 is 20.3 Å². The van der Waals surface area contributed by atoms with Crippen LogP contribution in [0.2, 0.25) is 0 Å². The van der Waals surface area contributed by atoms with Crippen molar-refractivity contribution in [2.75, 3.05) is 75.1 Å². The van der Waals surface area contributed by atoms with Crippen LogP contribution in [0.15, 0.2) is 60.8 Å². The van der Waals surface area contributed by atoms with E-state index < -0.39 is 6.09 Å². The second-order valence-electron chi connectivity index (χ2n) is 10.6. The Hall–Kier alpha value is -3.99. The number of benzene rings is 2. The van der Waals surface area contributed by atoms with Crippen LogP contribution >= 0.6 is 0 Å². The molecule has 0 atom stereocenters. The van der Waals surface area contributed by atoms with Gasteiger partial charge in [-0.3, -0.25) is 15.0 Å². The first-order chi connectivity index (χ1) is 19.9. The van der Waals surface area contributed by atoms with Gasteiger partial charge >= 0.3 is 6.09 Å². The minimum absolute atomic E-state index is 0.197. The molecule has 0 saturated carbocycles. The van der Waals surface area contributed by atoms with Gasteiger partial charge in [0.15, 0.2) is 0 Å². The Morgan fingerprint density at radius 3 is 2.66 bits per heavy atom. The molecular formula is C31H38N6O4. The fourth-order valence-electron chi connectivity index (χ4n) is 5.04. The number of anilines is 3. The normalized spacial score (nSPS) is 16.6. The van der Waals surface area contributed by atoms with E-state index in [0.29, 0.717) is 35.9 Å². The monoisotopic (exact) mass is 558 g/mol. The Morgan fingerprint density at radius 1 is 0.951 bits per heavy atom. The summed E-state index contributed by atoms with van der Waals surface area (Å²) in [7, 11) is 2.16. The summed E-state index contributed by atoms with van der Waals surface area (Å²) >= 11 is 0. The molecule has 3 aromatic rings. The summed E-state index contributed by atoms with van der Waals surface area (Å²) in [4.78, 5) is 37.1. The van der Waals surface area contributed by atoms with E-state index in [1.807, 2.05) is 31.2 Å². The van der Waals surface area contributed by atoms with E-state index >= 15 is 0 Å². The van der Waals surface area contributed by atoms with Crippen LogP contribution in [-0.4, -0.2) is 86.3 Å². The molecule has 0 spiro atoms. The fourth-order valence-corrected chi connectivity index (χ4v) is 5.04. The lowest BCUT2D eigenvalue weighted by Gasteiger charge is -2.27. The molecule has 0 bridgehead atoms. The molecule has 10 heteroatoms. The van der Waals surface area contributed by atoms with Crippen molar-refractivity contribution >= 4 is 29.2 Å². The van der Waals surface area contributed by atoms with E-state index in [1.54, 1.807) is 30.5 Å². The van der Waals surface area contributed by atoms with Crippen molar-refractivity contribution < 1.29 is 19.1 Å². The highest BCUT2D eigenvalue weighted by Gasteiger charge is 2.16. The minimum atomic E-state index is -0.627. The van der Waals surface area contributed by atoms with Gasteiger partial charge in [-0.2, -0.15) is 0 Å². The number of amides is 2. The molecule has 1 aromatic heterocycles. The van der Waals surface area contributed by atoms with E-state index in [0.717, 1.165) is 69.2 Å². The van der Waals surface area contributed by atoms with E-state index in [9.17, 15) is 9.59 Å². The molecule has 10 nitrogen and oxygen atoms in total. The highest BCUT2D eigenvalue weighted by molar-refractivity contribution is 6.05. The number of aromatic nitrogens is 1. The summed E-state index contributed by atoms with van der Waals surface area (Å²) < 4.78 is 10.9. The van der Waals surface area contributed by atoms with E-state index in [4.69, 9.17) is 9.47 Å². The van der Waals surface area contributed by atoms with Gasteiger partial charge in [-0.15, -0.1) is 0 Å². The molecule has 2 aliphatic heterocycles. The van der Waals surface area contributed by atoms with Crippen LogP contribution in [0.3, 0.4) is 0 Å². The maximum Gasteiger partial charge on any atom is 0.417 e. The van der Waals surface area contributed by atoms with Gasteiger partial charge in [0.05, 0.1) is 13.2 Å². The molecule has 216 valence electrons. The molecule has 41 heavy (non-hydrogen) atoms. The number of carbonyl (C=O) groups is 2. The number of pyridine rings is 1. The zero-order chi connectivity index (χ0) is 28.6. The summed E-state index contributed by atoms with van der Waals surface area (Å²) in [6.07, 6.45) is 2.14. The van der Waals surface area contributed by atoms with Crippen molar-refractivity contribution in [3.63, 3.8) is 0 Å². The number of ether oxygens (including phenoxy) is 2. The third-order valence-corrected chi connectivity index (χ3v) is 7.40. The number of nitrogens with zero attached hydrogens (tertiary/aromatic N) is 4. The summed E-state index contributed by atoms with van der Waals surface area (Å²) in [5.74, 6) is 0.937. The van der Waals surface area contributed by atoms with Crippen molar-refractivity contribution in [1.29, 1.82) is 0 Å². The van der Waals surface area contributed by atoms with Crippen molar-refractivity contribution in [1.82, 2.24) is 14.8 Å². The average Bonchev–Trinajstić information content (AvgIpc) is 3.19. The van der Waals surface area contributed by atoms with E-state index in [2.05, 4.69) is 43.4 Å². The van der Waals surface area contributed by atoms with E-state index in [-0.39, 0.29) is 5.91 Å². The molecule has 2 aromatic carbocycles. The van der Waals surface area contributed by atoms with Crippen molar-refractivity contribution in [2.24, 2.45) is 0 Å². The summed E-state index contributed by atoms with van der Waals surface area (Å²) in [6, 6.07) is 16.5. The first kappa shape index (κ1) is 28.5. The minimum Gasteiger partial charge on any atom is -0.410 e. The summed E-state index contributed by atoms with van der Waals surface area (Å²) in [6.45, 7) is 9.72. The predicted octanol–water partition coefficient (Wildman–Crippen LogP) is 4.23. The first-order valence-corrected chi connectivity index (χ1v) is 14.1. The van der Waals surface area contributed by atoms with Gasteiger partial charge in [0.1, 0.15) is 11.6 Å². The van der Waals surface area contributed by atoms with Gasteiger partial charge in [0, 0.05) is 61.9 Å². The number of morpholine rings is 1. The SMILES string of the molecule is Cc1ccc(NC(=O)Oc2ccnc(N3CCOCC3)c2)cc1NC(=O)c1cccc(CN2CCCN(C)CC2)c1. The number of nitrogens with one attached hydrogen (secondary N) is 2. The number of carbonyl (C=O) groups excluding carboxylic acids is 2. The van der Waals surface area contributed by atoms with Gasteiger partial charge in [0.2, 0.25) is 0 Å². The maximum atomic E-state index is 13.2. The van der Waals surface area contributed by atoms with Gasteiger partial charge < -0.3 is 24.6 Å². The molecule has 2 amide bonds. The van der Waals surface area contributed by atoms with E-state index in [1.165, 1.54) is 0 Å². The Kier molecular flexibility index (Phi) is 9.45. The van der Waals surface area contributed by atoms with Crippen LogP contribution in [-0.2, 0) is 11.3 Å². The number of hydrogen-bond acceptors (Lipinski definition) is 8. The van der Waals surface area contributed by atoms with Gasteiger partial charge in [-0.1, -0.05) is 18.2 Å². The Morgan fingerprint density at radius 2 is 1.80 bits per heavy atom. The second kappa shape index (κ2) is 13.6. The van der Waals surface area contributed by atoms with Crippen LogP contribution in [0.4, 0.5) is 22.0 Å². The van der Waals surface area contributed by atoms with Gasteiger partial charge in [-0.05, 0) is 74.9 Å². The van der Waals surface area contributed by atoms with Crippen molar-refractivity contribution in [2.45, 2.75) is 19.9 Å². The van der Waals surface area contributed by atoms with Crippen LogP contribution in [0.25, 0.3) is 0 Å². The lowest BCUT2D eigenvalue weighted by molar-refractivity contribution is 0.102. The van der Waals surface area contributed by atoms with Gasteiger partial charge in [-0.25, -0.2) is 9.78 Å². The van der Waals surface area contributed by atoms with Crippen LogP contribution in [0.5, 0.6) is 5.75 Å². The molecule has 5 rings (SSSR count). The molecule has 2 saturated heterocycles. The molecule has 2 fully saturated rings. The molecular weight excluding hydrogens is 520 g/mol. The maximum absolute atomic E-state index is 13.2. The Labute approximate surface area is 241 Å². The molecule has 2 N–H and O–H groups in total. The highest BCUT2D eigenvalue weighted by Crippen LogP contribution is 2.23. The zero-order valence-corrected chi connectivity index (χ0v) is 23.8. The van der Waals surface area contributed by atoms with Crippen molar-refractivity contribution in [3.8, 4) is 5.75 Å². The van der Waals surface area contributed by atoms with Crippen LogP contribution in [0.1, 0.15) is 27.9 Å². The topological polar surface area (TPSA) is 99.3 Å². The summed E-state index contributed by atoms with van der Waals surface area (Å²) in [5, 5.41) is 5.76. The number of aryl methyl sites for hydroxylation is 1. The quantitative estimate of drug-likeness (QED) is 0.445. The van der Waals surface area contributed by atoms with Gasteiger partial charge in [0.25, 0.3) is 5.91 Å². The molecule has 0 unspecified atom stereocenters. The standard InChI is InChI=1S/C31H38N6O4/c1-23-7-8-26(33-31(39)41-27-9-10-32-29(21-27)37-15-17-40-18-16-37)20-28(23)34-30(38)25-6-3-5-24(19-25)22-36-12-4-11-35(2)13-14-36/h3,5-10,19-21H,4,11-18,22H2,1-2H3,(H,33,39)(H,34,38). The number of likely N-dealkylation sites (N-methyl/N-ethyl adjacent to an activating group) is 1. The second-order valence-corrected chi connectivity index (χ2v) is 10.6. The highest BCUT2D eigenvalue weighted by atomic mass is 16.6. The lowest BCUT2D eigenvalue weighted by atomic mass is 10.1. The molecule has 0 aliphatic carbocycles. The van der Waals surface area contributed by atoms with Crippen LogP contribution in [0, 0.1) is 6.92 Å². The zero-order valence-electron chi connectivity index (χ0n) is 23.8. The Balaban J connectivity index is 1.19. The largest absolute Gasteiger partial charge is 0.417 e. The molecule has 3 heterocycles. The molecule has 2 aliphatic rings. The number of hydrogen-bond donors (Lipinski definition) is 2. The third-order valence-electron chi connectivity index (χ3n) is 7.40. The van der Waals surface area contributed by atoms with Crippen molar-refractivity contribution in [3.05, 3.63) is 77.5 Å². The average molecular weight is 559 g/mol. The molecule has 0 radical (unpaired) electrons. The Bertz CT molecular complexity index is 1360. The number of rotatable bonds is 7. The predicted molar refractivity (Wildman–Crippen MR) is 160 cm³/mol. The third kappa shape index (κ3) is 8.03. The fraction of sp³-hybridized carbons (Fsp3) is 0.387.